The molecular weight excluding hydrogens is 318 g/mol. The second kappa shape index (κ2) is 6.37. The average Bonchev–Trinajstić information content (AvgIpc) is 3.28. The number of fused-ring (bicyclic) bond motifs is 1. The van der Waals surface area contributed by atoms with Crippen LogP contribution in [0.25, 0.3) is 10.9 Å². The van der Waals surface area contributed by atoms with Crippen LogP contribution in [-0.2, 0) is 11.3 Å². The molecule has 1 fully saturated rings. The highest BCUT2D eigenvalue weighted by Crippen LogP contribution is 2.23. The zero-order valence-electron chi connectivity index (χ0n) is 14.4. The molecule has 0 bridgehead atoms. The summed E-state index contributed by atoms with van der Waals surface area (Å²) in [6, 6.07) is 10.0. The lowest BCUT2D eigenvalue weighted by Crippen LogP contribution is -2.23. The molecule has 3 heterocycles. The van der Waals surface area contributed by atoms with Crippen molar-refractivity contribution in [2.24, 2.45) is 0 Å². The predicted octanol–water partition coefficient (Wildman–Crippen LogP) is 2.52. The molecule has 6 nitrogen and oxygen atoms in total. The van der Waals surface area contributed by atoms with E-state index in [0.29, 0.717) is 18.5 Å². The van der Waals surface area contributed by atoms with Crippen LogP contribution in [-0.4, -0.2) is 34.7 Å². The van der Waals surface area contributed by atoms with E-state index in [2.05, 4.69) is 5.10 Å². The maximum atomic E-state index is 13.0. The van der Waals surface area contributed by atoms with E-state index >= 15 is 0 Å². The van der Waals surface area contributed by atoms with E-state index in [-0.39, 0.29) is 11.6 Å². The van der Waals surface area contributed by atoms with Crippen LogP contribution < -0.4 is 10.3 Å². The third-order valence-electron chi connectivity index (χ3n) is 4.83. The second-order valence-electron chi connectivity index (χ2n) is 6.43. The van der Waals surface area contributed by atoms with E-state index in [0.717, 1.165) is 35.6 Å². The summed E-state index contributed by atoms with van der Waals surface area (Å²) < 4.78 is 14.4. The molecule has 0 aliphatic carbocycles. The van der Waals surface area contributed by atoms with Crippen LogP contribution in [0.2, 0.25) is 0 Å². The smallest absolute Gasteiger partial charge is 0.262 e. The van der Waals surface area contributed by atoms with Crippen LogP contribution in [0, 0.1) is 6.92 Å². The van der Waals surface area contributed by atoms with Gasteiger partial charge in [0.2, 0.25) is 0 Å². The van der Waals surface area contributed by atoms with Crippen molar-refractivity contribution in [1.82, 2.24) is 14.3 Å². The van der Waals surface area contributed by atoms with Crippen molar-refractivity contribution in [3.05, 3.63) is 58.1 Å². The Bertz CT molecular complexity index is 950. The first-order chi connectivity index (χ1) is 12.2. The lowest BCUT2D eigenvalue weighted by molar-refractivity contribution is 0.185. The van der Waals surface area contributed by atoms with Crippen molar-refractivity contribution in [2.75, 3.05) is 20.3 Å². The molecule has 0 saturated carbocycles. The predicted molar refractivity (Wildman–Crippen MR) is 95.3 cm³/mol. The van der Waals surface area contributed by atoms with Crippen LogP contribution in [0.15, 0.2) is 41.3 Å². The minimum Gasteiger partial charge on any atom is -0.497 e. The third kappa shape index (κ3) is 2.82. The Kier molecular flexibility index (Phi) is 4.05. The van der Waals surface area contributed by atoms with Gasteiger partial charge in [0.05, 0.1) is 43.4 Å². The van der Waals surface area contributed by atoms with Gasteiger partial charge in [-0.15, -0.1) is 0 Å². The summed E-state index contributed by atoms with van der Waals surface area (Å²) in [4.78, 5) is 13.0. The van der Waals surface area contributed by atoms with Crippen molar-refractivity contribution in [1.29, 1.82) is 0 Å². The standard InChI is InChI=1S/C19H21N3O3/c1-13-9-18-17(10-20-22(18)15-7-8-25-12-15)19(23)21(13)11-14-3-5-16(24-2)6-4-14/h3-6,9-10,15H,7-8,11-12H2,1-2H3. The summed E-state index contributed by atoms with van der Waals surface area (Å²) in [5, 5.41) is 5.12. The molecule has 6 heteroatoms. The van der Waals surface area contributed by atoms with Gasteiger partial charge in [0, 0.05) is 12.3 Å². The van der Waals surface area contributed by atoms with Gasteiger partial charge in [-0.05, 0) is 37.1 Å². The third-order valence-corrected chi connectivity index (χ3v) is 4.83. The number of pyridine rings is 1. The van der Waals surface area contributed by atoms with Crippen molar-refractivity contribution < 1.29 is 9.47 Å². The van der Waals surface area contributed by atoms with Gasteiger partial charge in [-0.2, -0.15) is 5.10 Å². The minimum absolute atomic E-state index is 0.00372. The van der Waals surface area contributed by atoms with Crippen LogP contribution in [0.1, 0.15) is 23.7 Å². The lowest BCUT2D eigenvalue weighted by atomic mass is 10.2. The second-order valence-corrected chi connectivity index (χ2v) is 6.43. The molecule has 1 atom stereocenters. The fourth-order valence-corrected chi connectivity index (χ4v) is 3.38. The Morgan fingerprint density at radius 1 is 1.32 bits per heavy atom. The molecule has 1 saturated heterocycles. The average molecular weight is 339 g/mol. The maximum Gasteiger partial charge on any atom is 0.262 e. The summed E-state index contributed by atoms with van der Waals surface area (Å²) in [7, 11) is 1.64. The molecule has 2 aromatic heterocycles. The molecule has 25 heavy (non-hydrogen) atoms. The molecule has 1 aromatic carbocycles. The monoisotopic (exact) mass is 339 g/mol. The highest BCUT2D eigenvalue weighted by atomic mass is 16.5. The molecule has 0 N–H and O–H groups in total. The van der Waals surface area contributed by atoms with Gasteiger partial charge >= 0.3 is 0 Å². The van der Waals surface area contributed by atoms with Crippen LogP contribution in [0.5, 0.6) is 5.75 Å². The van der Waals surface area contributed by atoms with Gasteiger partial charge in [-0.3, -0.25) is 9.48 Å². The maximum absolute atomic E-state index is 13.0. The Labute approximate surface area is 145 Å². The topological polar surface area (TPSA) is 58.3 Å². The lowest BCUT2D eigenvalue weighted by Gasteiger charge is -2.13. The van der Waals surface area contributed by atoms with E-state index in [4.69, 9.17) is 9.47 Å². The van der Waals surface area contributed by atoms with E-state index in [1.54, 1.807) is 17.9 Å². The molecule has 0 amide bonds. The van der Waals surface area contributed by atoms with Crippen molar-refractivity contribution in [2.45, 2.75) is 25.9 Å². The fourth-order valence-electron chi connectivity index (χ4n) is 3.38. The number of nitrogens with zero attached hydrogens (tertiary/aromatic N) is 3. The Morgan fingerprint density at radius 3 is 2.80 bits per heavy atom. The van der Waals surface area contributed by atoms with Crippen LogP contribution in [0.3, 0.4) is 0 Å². The minimum atomic E-state index is -0.00372. The zero-order valence-corrected chi connectivity index (χ0v) is 14.4. The molecule has 1 aliphatic heterocycles. The SMILES string of the molecule is COc1ccc(Cn2c(C)cc3c(cnn3C3CCOC3)c2=O)cc1. The molecule has 1 aliphatic rings. The molecule has 3 aromatic rings. The van der Waals surface area contributed by atoms with Gasteiger partial charge in [-0.1, -0.05) is 12.1 Å². The van der Waals surface area contributed by atoms with Crippen molar-refractivity contribution in [3.8, 4) is 5.75 Å². The number of aromatic nitrogens is 3. The Morgan fingerprint density at radius 2 is 2.12 bits per heavy atom. The molecule has 4 rings (SSSR count). The summed E-state index contributed by atoms with van der Waals surface area (Å²) in [5.74, 6) is 0.809. The summed E-state index contributed by atoms with van der Waals surface area (Å²) >= 11 is 0. The first-order valence-corrected chi connectivity index (χ1v) is 8.45. The van der Waals surface area contributed by atoms with Crippen LogP contribution >= 0.6 is 0 Å². The molecule has 0 spiro atoms. The Balaban J connectivity index is 1.73. The first kappa shape index (κ1) is 15.9. The quantitative estimate of drug-likeness (QED) is 0.733. The number of rotatable bonds is 4. The molecule has 130 valence electrons. The summed E-state index contributed by atoms with van der Waals surface area (Å²) in [6.45, 7) is 3.90. The number of hydrogen-bond acceptors (Lipinski definition) is 4. The highest BCUT2D eigenvalue weighted by Gasteiger charge is 2.21. The normalized spacial score (nSPS) is 17.3. The highest BCUT2D eigenvalue weighted by molar-refractivity contribution is 5.78. The van der Waals surface area contributed by atoms with Crippen molar-refractivity contribution >= 4 is 10.9 Å². The fraction of sp³-hybridized carbons (Fsp3) is 0.368. The summed E-state index contributed by atoms with van der Waals surface area (Å²) in [5.41, 5.74) is 2.87. The zero-order chi connectivity index (χ0) is 17.4. The molecular formula is C19H21N3O3. The van der Waals surface area contributed by atoms with Gasteiger partial charge in [0.25, 0.3) is 5.56 Å². The number of methoxy groups -OCH3 is 1. The van der Waals surface area contributed by atoms with Gasteiger partial charge in [0.15, 0.2) is 0 Å². The van der Waals surface area contributed by atoms with Gasteiger partial charge < -0.3 is 14.0 Å². The molecule has 1 unspecified atom stereocenters. The number of hydrogen-bond donors (Lipinski definition) is 0. The largest absolute Gasteiger partial charge is 0.497 e. The Hall–Kier alpha value is -2.60. The van der Waals surface area contributed by atoms with E-state index in [9.17, 15) is 4.79 Å². The van der Waals surface area contributed by atoms with E-state index < -0.39 is 0 Å². The van der Waals surface area contributed by atoms with Crippen molar-refractivity contribution in [3.63, 3.8) is 0 Å². The van der Waals surface area contributed by atoms with E-state index in [1.807, 2.05) is 41.9 Å². The summed E-state index contributed by atoms with van der Waals surface area (Å²) in [6.07, 6.45) is 2.62. The number of aryl methyl sites for hydroxylation is 1. The van der Waals surface area contributed by atoms with Gasteiger partial charge in [-0.25, -0.2) is 0 Å². The van der Waals surface area contributed by atoms with Crippen LogP contribution in [0.4, 0.5) is 0 Å². The molecule has 0 radical (unpaired) electrons. The first-order valence-electron chi connectivity index (χ1n) is 8.45. The van der Waals surface area contributed by atoms with Gasteiger partial charge in [0.1, 0.15) is 5.75 Å². The van der Waals surface area contributed by atoms with E-state index in [1.165, 1.54) is 0 Å². The number of benzene rings is 1. The number of ether oxygens (including phenoxy) is 2.